The highest BCUT2D eigenvalue weighted by Gasteiger charge is 2.17. The zero-order valence-electron chi connectivity index (χ0n) is 16.3. The first kappa shape index (κ1) is 22.3. The van der Waals surface area contributed by atoms with E-state index in [-0.39, 0.29) is 22.7 Å². The second kappa shape index (κ2) is 9.74. The molecule has 2 aromatic carbocycles. The third-order valence-corrected chi connectivity index (χ3v) is 8.43. The summed E-state index contributed by atoms with van der Waals surface area (Å²) in [5.41, 5.74) is 1.19. The van der Waals surface area contributed by atoms with Crippen molar-refractivity contribution in [3.63, 3.8) is 0 Å². The molecule has 1 saturated heterocycles. The molecule has 1 aliphatic heterocycles. The molecule has 1 aromatic heterocycles. The first-order chi connectivity index (χ1) is 14.9. The normalized spacial score (nSPS) is 16.5. The summed E-state index contributed by atoms with van der Waals surface area (Å²) in [5.74, 6) is 0.207. The van der Waals surface area contributed by atoms with Crippen molar-refractivity contribution >= 4 is 66.5 Å². The van der Waals surface area contributed by atoms with E-state index in [1.54, 1.807) is 18.2 Å². The fourth-order valence-corrected chi connectivity index (χ4v) is 6.18. The van der Waals surface area contributed by atoms with Crippen LogP contribution in [0.5, 0.6) is 0 Å². The van der Waals surface area contributed by atoms with Crippen LogP contribution in [0.25, 0.3) is 10.2 Å². The van der Waals surface area contributed by atoms with Gasteiger partial charge < -0.3 is 10.1 Å². The highest BCUT2D eigenvalue weighted by Crippen LogP contribution is 2.32. The van der Waals surface area contributed by atoms with E-state index in [9.17, 15) is 13.2 Å². The Morgan fingerprint density at radius 3 is 2.81 bits per heavy atom. The van der Waals surface area contributed by atoms with E-state index in [1.807, 2.05) is 0 Å². The number of benzene rings is 2. The van der Waals surface area contributed by atoms with E-state index in [1.165, 1.54) is 47.4 Å². The molecule has 31 heavy (non-hydrogen) atoms. The van der Waals surface area contributed by atoms with Gasteiger partial charge in [0.1, 0.15) is 0 Å². The van der Waals surface area contributed by atoms with Crippen LogP contribution in [-0.4, -0.2) is 44.3 Å². The van der Waals surface area contributed by atoms with Crippen LogP contribution in [0.1, 0.15) is 12.8 Å². The number of ether oxygens (including phenoxy) is 1. The lowest BCUT2D eigenvalue weighted by Crippen LogP contribution is -2.32. The fraction of sp³-hybridized carbons (Fsp3) is 0.300. The van der Waals surface area contributed by atoms with Crippen LogP contribution in [0.4, 0.5) is 5.69 Å². The molecule has 11 heteroatoms. The van der Waals surface area contributed by atoms with Gasteiger partial charge in [-0.2, -0.15) is 0 Å². The van der Waals surface area contributed by atoms with Gasteiger partial charge in [-0.1, -0.05) is 23.4 Å². The molecule has 2 heterocycles. The number of nitrogens with zero attached hydrogens (tertiary/aromatic N) is 1. The highest BCUT2D eigenvalue weighted by molar-refractivity contribution is 8.01. The molecule has 3 aromatic rings. The number of thiazole rings is 1. The summed E-state index contributed by atoms with van der Waals surface area (Å²) >= 11 is 8.60. The summed E-state index contributed by atoms with van der Waals surface area (Å²) in [6.07, 6.45) is 2.14. The lowest BCUT2D eigenvalue weighted by molar-refractivity contribution is -0.119. The van der Waals surface area contributed by atoms with Crippen LogP contribution < -0.4 is 10.0 Å². The van der Waals surface area contributed by atoms with Crippen molar-refractivity contribution in [1.29, 1.82) is 0 Å². The topological polar surface area (TPSA) is 97.4 Å². The largest absolute Gasteiger partial charge is 0.376 e. The molecule has 0 unspecified atom stereocenters. The zero-order valence-corrected chi connectivity index (χ0v) is 19.5. The quantitative estimate of drug-likeness (QED) is 0.454. The fourth-order valence-electron chi connectivity index (χ4n) is 3.07. The smallest absolute Gasteiger partial charge is 0.261 e. The predicted molar refractivity (Wildman–Crippen MR) is 125 cm³/mol. The van der Waals surface area contributed by atoms with Gasteiger partial charge >= 0.3 is 0 Å². The van der Waals surface area contributed by atoms with Gasteiger partial charge in [0.15, 0.2) is 4.34 Å². The molecule has 1 amide bonds. The Kier molecular flexibility index (Phi) is 7.02. The first-order valence-corrected chi connectivity index (χ1v) is 13.3. The van der Waals surface area contributed by atoms with E-state index in [4.69, 9.17) is 16.3 Å². The van der Waals surface area contributed by atoms with Crippen LogP contribution in [0.15, 0.2) is 51.7 Å². The number of aromatic nitrogens is 1. The minimum Gasteiger partial charge on any atom is -0.376 e. The van der Waals surface area contributed by atoms with Crippen LogP contribution >= 0.6 is 34.7 Å². The number of amides is 1. The average molecular weight is 498 g/mol. The number of thioether (sulfide) groups is 1. The van der Waals surface area contributed by atoms with Crippen molar-refractivity contribution in [3.8, 4) is 0 Å². The van der Waals surface area contributed by atoms with Crippen molar-refractivity contribution in [2.24, 2.45) is 0 Å². The molecular weight excluding hydrogens is 478 g/mol. The van der Waals surface area contributed by atoms with E-state index in [2.05, 4.69) is 15.0 Å². The number of halogens is 1. The van der Waals surface area contributed by atoms with Gasteiger partial charge in [-0.3, -0.25) is 9.52 Å². The SMILES string of the molecule is O=C(CSc1nc2ccc(NS(=O)(=O)c3ccc(Cl)cc3)cc2s1)NC[C@@H]1CCCO1. The Labute approximate surface area is 193 Å². The highest BCUT2D eigenvalue weighted by atomic mass is 35.5. The number of nitrogens with one attached hydrogen (secondary N) is 2. The maximum Gasteiger partial charge on any atom is 0.261 e. The summed E-state index contributed by atoms with van der Waals surface area (Å²) in [6, 6.07) is 11.1. The number of rotatable bonds is 8. The maximum atomic E-state index is 12.6. The van der Waals surface area contributed by atoms with Crippen LogP contribution in [0.3, 0.4) is 0 Å². The molecule has 0 bridgehead atoms. The van der Waals surface area contributed by atoms with Crippen molar-refractivity contribution in [2.75, 3.05) is 23.6 Å². The summed E-state index contributed by atoms with van der Waals surface area (Å²) in [7, 11) is -3.72. The molecule has 1 atom stereocenters. The van der Waals surface area contributed by atoms with Gasteiger partial charge in [0.2, 0.25) is 5.91 Å². The van der Waals surface area contributed by atoms with Crippen molar-refractivity contribution < 1.29 is 17.9 Å². The van der Waals surface area contributed by atoms with E-state index in [0.717, 1.165) is 34.0 Å². The minimum atomic E-state index is -3.72. The molecule has 1 fully saturated rings. The van der Waals surface area contributed by atoms with Gasteiger partial charge in [0.25, 0.3) is 10.0 Å². The number of carbonyl (C=O) groups excluding carboxylic acids is 1. The van der Waals surface area contributed by atoms with E-state index < -0.39 is 10.0 Å². The van der Waals surface area contributed by atoms with E-state index >= 15 is 0 Å². The number of sulfonamides is 1. The number of anilines is 1. The standard InChI is InChI=1S/C20H20ClN3O4S3/c21-13-3-6-16(7-4-13)31(26,27)24-14-5-8-17-18(10-14)30-20(23-17)29-12-19(25)22-11-15-2-1-9-28-15/h3-8,10,15,24H,1-2,9,11-12H2,(H,22,25)/t15-/m0/s1. The number of hydrogen-bond donors (Lipinski definition) is 2. The molecule has 2 N–H and O–H groups in total. The van der Waals surface area contributed by atoms with Gasteiger partial charge in [-0.25, -0.2) is 13.4 Å². The molecular formula is C20H20ClN3O4S3. The van der Waals surface area contributed by atoms with Crippen LogP contribution in [0, 0.1) is 0 Å². The summed E-state index contributed by atoms with van der Waals surface area (Å²) in [5, 5.41) is 3.36. The molecule has 0 spiro atoms. The lowest BCUT2D eigenvalue weighted by Gasteiger charge is -2.09. The summed E-state index contributed by atoms with van der Waals surface area (Å²) < 4.78 is 34.8. The van der Waals surface area contributed by atoms with Crippen LogP contribution in [-0.2, 0) is 19.6 Å². The third-order valence-electron chi connectivity index (χ3n) is 4.62. The molecule has 1 aliphatic rings. The summed E-state index contributed by atoms with van der Waals surface area (Å²) in [6.45, 7) is 1.30. The molecule has 164 valence electrons. The third kappa shape index (κ3) is 5.89. The maximum absolute atomic E-state index is 12.6. The molecule has 0 radical (unpaired) electrons. The molecule has 0 saturated carbocycles. The van der Waals surface area contributed by atoms with Crippen molar-refractivity contribution in [1.82, 2.24) is 10.3 Å². The van der Waals surface area contributed by atoms with Gasteiger partial charge in [0.05, 0.1) is 32.7 Å². The van der Waals surface area contributed by atoms with Gasteiger partial charge in [0, 0.05) is 18.2 Å². The number of fused-ring (bicyclic) bond motifs is 1. The second-order valence-corrected chi connectivity index (χ2v) is 11.3. The Morgan fingerprint density at radius 2 is 2.06 bits per heavy atom. The van der Waals surface area contributed by atoms with Gasteiger partial charge in [-0.05, 0) is 55.3 Å². The average Bonchev–Trinajstić information content (AvgIpc) is 3.40. The van der Waals surface area contributed by atoms with Crippen LogP contribution in [0.2, 0.25) is 5.02 Å². The van der Waals surface area contributed by atoms with E-state index in [0.29, 0.717) is 17.3 Å². The zero-order chi connectivity index (χ0) is 21.8. The summed E-state index contributed by atoms with van der Waals surface area (Å²) in [4.78, 5) is 16.7. The molecule has 0 aliphatic carbocycles. The number of hydrogen-bond acceptors (Lipinski definition) is 7. The predicted octanol–water partition coefficient (Wildman–Crippen LogP) is 4.14. The minimum absolute atomic E-state index is 0.0591. The first-order valence-electron chi connectivity index (χ1n) is 9.59. The Balaban J connectivity index is 1.37. The Hall–Kier alpha value is -1.85. The molecule has 7 nitrogen and oxygen atoms in total. The molecule has 4 rings (SSSR count). The van der Waals surface area contributed by atoms with Gasteiger partial charge in [-0.15, -0.1) is 11.3 Å². The second-order valence-electron chi connectivity index (χ2n) is 6.95. The number of carbonyl (C=O) groups is 1. The monoisotopic (exact) mass is 497 g/mol. The van der Waals surface area contributed by atoms with Crippen molar-refractivity contribution in [3.05, 3.63) is 47.5 Å². The van der Waals surface area contributed by atoms with Crippen molar-refractivity contribution in [2.45, 2.75) is 28.2 Å². The Morgan fingerprint density at radius 1 is 1.26 bits per heavy atom. The lowest BCUT2D eigenvalue weighted by atomic mass is 10.2. The Bertz CT molecular complexity index is 1180.